The third-order valence-electron chi connectivity index (χ3n) is 11.4. The monoisotopic (exact) mass is 913 g/mol. The van der Waals surface area contributed by atoms with E-state index in [2.05, 4.69) is 30.4 Å². The van der Waals surface area contributed by atoms with Crippen molar-refractivity contribution in [2.45, 2.75) is 70.8 Å². The number of benzene rings is 2. The predicted octanol–water partition coefficient (Wildman–Crippen LogP) is 6.40. The zero-order valence-corrected chi connectivity index (χ0v) is 36.2. The summed E-state index contributed by atoms with van der Waals surface area (Å²) in [6.07, 6.45) is 2.16. The van der Waals surface area contributed by atoms with Crippen LogP contribution in [0.25, 0.3) is 44.8 Å². The van der Waals surface area contributed by atoms with Crippen molar-refractivity contribution in [2.24, 2.45) is 5.92 Å². The molecule has 0 unspecified atom stereocenters. The number of likely N-dealkylation sites (tertiary alicyclic amines) is 2. The van der Waals surface area contributed by atoms with Gasteiger partial charge >= 0.3 is 18.2 Å². The van der Waals surface area contributed by atoms with Crippen LogP contribution in [0.4, 0.5) is 18.0 Å². The minimum atomic E-state index is -5.08. The fourth-order valence-electron chi connectivity index (χ4n) is 8.12. The molecule has 2 saturated heterocycles. The molecule has 0 radical (unpaired) electrons. The Morgan fingerprint density at radius 3 is 1.98 bits per heavy atom. The summed E-state index contributed by atoms with van der Waals surface area (Å²) in [5, 5.41) is 23.1. The van der Waals surface area contributed by atoms with E-state index < -0.39 is 30.2 Å². The highest BCUT2D eigenvalue weighted by atomic mass is 19.4. The molecule has 0 aliphatic carbocycles. The van der Waals surface area contributed by atoms with E-state index in [9.17, 15) is 37.5 Å². The third kappa shape index (κ3) is 10.2. The maximum atomic E-state index is 13.6. The molecule has 2 fully saturated rings. The van der Waals surface area contributed by atoms with Gasteiger partial charge in [0.1, 0.15) is 23.5 Å². The van der Waals surface area contributed by atoms with Crippen molar-refractivity contribution in [3.8, 4) is 33.8 Å². The van der Waals surface area contributed by atoms with Gasteiger partial charge in [0.25, 0.3) is 5.91 Å². The Hall–Kier alpha value is -7.65. The number of aryl methyl sites for hydroxylation is 1. The van der Waals surface area contributed by atoms with Gasteiger partial charge in [-0.3, -0.25) is 24.3 Å². The molecule has 3 atom stereocenters. The second-order valence-electron chi connectivity index (χ2n) is 16.2. The van der Waals surface area contributed by atoms with Gasteiger partial charge in [0, 0.05) is 37.3 Å². The van der Waals surface area contributed by atoms with E-state index in [0.717, 1.165) is 69.9 Å². The minimum absolute atomic E-state index is 0.131. The Morgan fingerprint density at radius 1 is 0.833 bits per heavy atom. The topological polar surface area (TPSA) is 257 Å². The lowest BCUT2D eigenvalue weighted by molar-refractivity contribution is -0.192. The molecule has 0 spiro atoms. The van der Waals surface area contributed by atoms with Gasteiger partial charge < -0.3 is 39.8 Å². The second-order valence-corrected chi connectivity index (χ2v) is 16.2. The smallest absolute Gasteiger partial charge is 0.475 e. The molecule has 4 aromatic heterocycles. The van der Waals surface area contributed by atoms with Crippen molar-refractivity contribution in [3.05, 3.63) is 90.2 Å². The highest BCUT2D eigenvalue weighted by Gasteiger charge is 2.40. The van der Waals surface area contributed by atoms with E-state index >= 15 is 0 Å². The number of amides is 4. The number of aliphatic carboxylic acids is 1. The molecule has 8 rings (SSSR count). The maximum Gasteiger partial charge on any atom is 0.490 e. The highest BCUT2D eigenvalue weighted by molar-refractivity contribution is 5.95. The van der Waals surface area contributed by atoms with Crippen molar-refractivity contribution in [1.29, 1.82) is 0 Å². The van der Waals surface area contributed by atoms with E-state index in [0.29, 0.717) is 36.0 Å². The quantitative estimate of drug-likeness (QED) is 0.0945. The molecule has 66 heavy (non-hydrogen) atoms. The van der Waals surface area contributed by atoms with Crippen LogP contribution in [0.2, 0.25) is 0 Å². The van der Waals surface area contributed by atoms with Gasteiger partial charge in [-0.05, 0) is 56.2 Å². The summed E-state index contributed by atoms with van der Waals surface area (Å²) < 4.78 is 36.7. The largest absolute Gasteiger partial charge is 0.490 e. The first-order valence-corrected chi connectivity index (χ1v) is 20.9. The average Bonchev–Trinajstić information content (AvgIpc) is 4.15. The molecule has 6 aromatic rings. The molecule has 4 amide bonds. The van der Waals surface area contributed by atoms with Crippen LogP contribution in [-0.2, 0) is 14.4 Å². The first-order valence-electron chi connectivity index (χ1n) is 20.9. The van der Waals surface area contributed by atoms with Crippen molar-refractivity contribution in [2.75, 3.05) is 26.7 Å². The number of hydrogen-bond acceptors (Lipinski definition) is 11. The maximum absolute atomic E-state index is 13.6. The van der Waals surface area contributed by atoms with Gasteiger partial charge in [-0.15, -0.1) is 0 Å². The number of nitrogens with zero attached hydrogens (tertiary/aromatic N) is 8. The zero-order valence-electron chi connectivity index (χ0n) is 36.2. The first kappa shape index (κ1) is 46.3. The Balaban J connectivity index is 0.000000858. The summed E-state index contributed by atoms with van der Waals surface area (Å²) in [6, 6.07) is 14.0. The lowest BCUT2D eigenvalue weighted by atomic mass is 10.0. The van der Waals surface area contributed by atoms with Crippen LogP contribution >= 0.6 is 0 Å². The SMILES string of the molecule is Cc1cc(C(=O)NCC(=O)N2CCC[C@H]2c2ncc(-c3ccc4nc(-c5ccc(-c6cnc([C@@H]7CCCN7C(=O)[C@H](C(C)C)N(C)C(=O)O)[nH]6)cc5)cnc4c3)[nH]2)no1.O=C(O)C(F)(F)F. The summed E-state index contributed by atoms with van der Waals surface area (Å²) in [7, 11) is 1.44. The van der Waals surface area contributed by atoms with E-state index in [1.807, 2.05) is 56.3 Å². The normalized spacial score (nSPS) is 16.5. The number of alkyl halides is 3. The van der Waals surface area contributed by atoms with Crippen LogP contribution in [0.3, 0.4) is 0 Å². The Bertz CT molecular complexity index is 2750. The number of aromatic amines is 2. The fourth-order valence-corrected chi connectivity index (χ4v) is 8.12. The number of carbonyl (C=O) groups is 5. The van der Waals surface area contributed by atoms with E-state index in [-0.39, 0.29) is 42.1 Å². The van der Waals surface area contributed by atoms with Crippen LogP contribution in [0.1, 0.15) is 79.5 Å². The fraction of sp³-hybridized carbons (Fsp3) is 0.364. The van der Waals surface area contributed by atoms with Crippen molar-refractivity contribution >= 4 is 40.8 Å². The van der Waals surface area contributed by atoms with Crippen LogP contribution in [0.5, 0.6) is 0 Å². The minimum Gasteiger partial charge on any atom is -0.475 e. The molecule has 0 saturated carbocycles. The summed E-state index contributed by atoms with van der Waals surface area (Å²) in [5.41, 5.74) is 6.58. The molecule has 2 aliphatic rings. The average molecular weight is 914 g/mol. The summed E-state index contributed by atoms with van der Waals surface area (Å²) in [6.45, 7) is 6.36. The van der Waals surface area contributed by atoms with E-state index in [1.165, 1.54) is 13.1 Å². The van der Waals surface area contributed by atoms with Crippen molar-refractivity contribution in [3.63, 3.8) is 0 Å². The van der Waals surface area contributed by atoms with Crippen LogP contribution in [-0.4, -0.2) is 129 Å². The molecule has 0 bridgehead atoms. The molecule has 19 nitrogen and oxygen atoms in total. The van der Waals surface area contributed by atoms with Crippen molar-refractivity contribution < 1.29 is 51.9 Å². The van der Waals surface area contributed by atoms with Gasteiger partial charge in [-0.2, -0.15) is 13.2 Å². The highest BCUT2D eigenvalue weighted by Crippen LogP contribution is 2.35. The number of fused-ring (bicyclic) bond motifs is 1. The Labute approximate surface area is 374 Å². The summed E-state index contributed by atoms with van der Waals surface area (Å²) >= 11 is 0. The Morgan fingerprint density at radius 2 is 1.41 bits per heavy atom. The standard InChI is InChI=1S/C42H45N11O6.C2HF3O2/c1-23(2)37(51(4)42(57)58)41(56)53-16-6-8-35(53)39-44-20-32(48-39)26-11-9-25(10-12-26)31-19-43-29-18-27(13-14-28(29)47-31)33-21-45-38(49-33)34-7-5-15-52(34)36(54)22-46-40(55)30-17-24(3)59-50-30;3-2(4,5)1(6)7/h9-14,17-21,23,34-35,37H,5-8,15-16,22H2,1-4H3,(H,44,48)(H,45,49)(H,46,55)(H,57,58);(H,6,7)/t34-,35-,37-;/m0./s1. The summed E-state index contributed by atoms with van der Waals surface area (Å²) in [4.78, 5) is 90.1. The molecular formula is C44H46F3N11O8. The number of hydrogen-bond donors (Lipinski definition) is 5. The number of halogens is 3. The van der Waals surface area contributed by atoms with E-state index in [1.54, 1.807) is 35.3 Å². The van der Waals surface area contributed by atoms with Gasteiger partial charge in [0.15, 0.2) is 5.69 Å². The van der Waals surface area contributed by atoms with Crippen LogP contribution in [0.15, 0.2) is 71.6 Å². The van der Waals surface area contributed by atoms with Gasteiger partial charge in [-0.1, -0.05) is 49.3 Å². The van der Waals surface area contributed by atoms with Crippen molar-refractivity contribution in [1.82, 2.24) is 55.1 Å². The molecule has 22 heteroatoms. The van der Waals surface area contributed by atoms with Gasteiger partial charge in [-0.25, -0.2) is 24.5 Å². The van der Waals surface area contributed by atoms with Gasteiger partial charge in [0.2, 0.25) is 11.8 Å². The lowest BCUT2D eigenvalue weighted by Crippen LogP contribution is -2.51. The molecule has 5 N–H and O–H groups in total. The molecule has 2 aromatic carbocycles. The summed E-state index contributed by atoms with van der Waals surface area (Å²) in [5.74, 6) is -1.95. The molecule has 346 valence electrons. The number of H-pyrrole nitrogens is 2. The number of carboxylic acids is 1. The predicted molar refractivity (Wildman–Crippen MR) is 229 cm³/mol. The number of aromatic nitrogens is 7. The molecule has 6 heterocycles. The number of carboxylic acid groups (broad SMARTS) is 2. The number of nitrogens with one attached hydrogen (secondary N) is 3. The number of carbonyl (C=O) groups excluding carboxylic acids is 3. The third-order valence-corrected chi connectivity index (χ3v) is 11.4. The number of imidazole rings is 2. The zero-order chi connectivity index (χ0) is 47.4. The molecular weight excluding hydrogens is 868 g/mol. The Kier molecular flexibility index (Phi) is 13.5. The van der Waals surface area contributed by atoms with Crippen LogP contribution in [0, 0.1) is 12.8 Å². The number of likely N-dealkylation sites (N-methyl/N-ethyl adjacent to an activating group) is 1. The molecule has 2 aliphatic heterocycles. The number of rotatable bonds is 11. The lowest BCUT2D eigenvalue weighted by Gasteiger charge is -2.33. The second kappa shape index (κ2) is 19.2. The first-order chi connectivity index (χ1) is 31.4. The van der Waals surface area contributed by atoms with Gasteiger partial charge in [0.05, 0.1) is 65.3 Å². The van der Waals surface area contributed by atoms with Crippen LogP contribution < -0.4 is 5.32 Å². The van der Waals surface area contributed by atoms with E-state index in [4.69, 9.17) is 24.4 Å².